The van der Waals surface area contributed by atoms with E-state index in [-0.39, 0.29) is 42.5 Å². The summed E-state index contributed by atoms with van der Waals surface area (Å²) >= 11 is 0. The van der Waals surface area contributed by atoms with Gasteiger partial charge in [-0.2, -0.15) is 0 Å². The molecule has 0 amide bonds. The Balaban J connectivity index is 1.71. The molecule has 4 rings (SSSR count). The van der Waals surface area contributed by atoms with E-state index < -0.39 is 28.7 Å². The molecule has 1 spiro atoms. The van der Waals surface area contributed by atoms with Crippen LogP contribution in [-0.4, -0.2) is 42.6 Å². The Labute approximate surface area is 174 Å². The number of carbonyl (C=O) groups excluding carboxylic acids is 2. The van der Waals surface area contributed by atoms with Crippen LogP contribution in [0.1, 0.15) is 74.1 Å². The van der Waals surface area contributed by atoms with Crippen molar-refractivity contribution in [2.45, 2.75) is 91.6 Å². The van der Waals surface area contributed by atoms with Gasteiger partial charge in [0.25, 0.3) is 0 Å². The quantitative estimate of drug-likeness (QED) is 0.520. The third kappa shape index (κ3) is 2.31. The maximum Gasteiger partial charge on any atom is 0.323 e. The Kier molecular flexibility index (Phi) is 4.51. The molecule has 6 nitrogen and oxygen atoms in total. The Morgan fingerprint density at radius 1 is 1.03 bits per heavy atom. The minimum absolute atomic E-state index is 0.0162. The Morgan fingerprint density at radius 3 is 2.14 bits per heavy atom. The van der Waals surface area contributed by atoms with Crippen LogP contribution in [0.3, 0.4) is 0 Å². The van der Waals surface area contributed by atoms with Crippen LogP contribution >= 0.6 is 0 Å². The molecule has 0 radical (unpaired) electrons. The molecule has 1 saturated heterocycles. The van der Waals surface area contributed by atoms with Gasteiger partial charge in [-0.05, 0) is 51.4 Å². The van der Waals surface area contributed by atoms with E-state index in [0.29, 0.717) is 12.3 Å². The van der Waals surface area contributed by atoms with Crippen LogP contribution in [0.5, 0.6) is 0 Å². The van der Waals surface area contributed by atoms with Crippen molar-refractivity contribution in [3.63, 3.8) is 0 Å². The SMILES string of the molecule is CCOC(=O)C1(C(=O)OCC)C[C@H](C)C2(C1)OC1[C@H]3CC[C@](C)(C3(C)C)[C@]1(C)O2. The van der Waals surface area contributed by atoms with E-state index in [9.17, 15) is 9.59 Å². The van der Waals surface area contributed by atoms with Gasteiger partial charge in [-0.1, -0.05) is 27.7 Å². The maximum absolute atomic E-state index is 13.0. The average Bonchev–Trinajstić information content (AvgIpc) is 3.22. The van der Waals surface area contributed by atoms with Gasteiger partial charge in [-0.25, -0.2) is 0 Å². The van der Waals surface area contributed by atoms with E-state index in [4.69, 9.17) is 18.9 Å². The third-order valence-electron chi connectivity index (χ3n) is 9.31. The predicted octanol–water partition coefficient (Wildman–Crippen LogP) is 3.86. The fraction of sp³-hybridized carbons (Fsp3) is 0.913. The van der Waals surface area contributed by atoms with E-state index >= 15 is 0 Å². The summed E-state index contributed by atoms with van der Waals surface area (Å²) in [5.74, 6) is -1.72. The summed E-state index contributed by atoms with van der Waals surface area (Å²) in [6.45, 7) is 15.1. The summed E-state index contributed by atoms with van der Waals surface area (Å²) in [4.78, 5) is 25.9. The largest absolute Gasteiger partial charge is 0.465 e. The van der Waals surface area contributed by atoms with Crippen LogP contribution in [-0.2, 0) is 28.5 Å². The molecule has 2 unspecified atom stereocenters. The maximum atomic E-state index is 13.0. The molecular formula is C23H36O6. The zero-order chi connectivity index (χ0) is 21.5. The fourth-order valence-electron chi connectivity index (χ4n) is 7.19. The van der Waals surface area contributed by atoms with E-state index in [2.05, 4.69) is 27.7 Å². The van der Waals surface area contributed by atoms with E-state index in [1.165, 1.54) is 0 Å². The lowest BCUT2D eigenvalue weighted by Crippen LogP contribution is -2.51. The van der Waals surface area contributed by atoms with Gasteiger partial charge >= 0.3 is 11.9 Å². The highest BCUT2D eigenvalue weighted by Gasteiger charge is 2.80. The van der Waals surface area contributed by atoms with Crippen LogP contribution in [0.4, 0.5) is 0 Å². The smallest absolute Gasteiger partial charge is 0.323 e. The molecule has 4 fully saturated rings. The van der Waals surface area contributed by atoms with Gasteiger partial charge in [0.05, 0.1) is 19.3 Å². The van der Waals surface area contributed by atoms with Crippen molar-refractivity contribution in [1.29, 1.82) is 0 Å². The number of hydrogen-bond acceptors (Lipinski definition) is 6. The Bertz CT molecular complexity index is 713. The molecule has 1 heterocycles. The first kappa shape index (κ1) is 21.1. The topological polar surface area (TPSA) is 71.1 Å². The van der Waals surface area contributed by atoms with Gasteiger partial charge in [0, 0.05) is 17.8 Å². The van der Waals surface area contributed by atoms with Crippen molar-refractivity contribution in [2.24, 2.45) is 28.1 Å². The number of ether oxygens (including phenoxy) is 4. The number of rotatable bonds is 4. The number of fused-ring (bicyclic) bond motifs is 5. The minimum atomic E-state index is -1.37. The molecule has 0 aromatic heterocycles. The van der Waals surface area contributed by atoms with Gasteiger partial charge < -0.3 is 18.9 Å². The molecule has 29 heavy (non-hydrogen) atoms. The molecule has 3 aliphatic carbocycles. The summed E-state index contributed by atoms with van der Waals surface area (Å²) in [6, 6.07) is 0. The van der Waals surface area contributed by atoms with Crippen molar-refractivity contribution >= 4 is 11.9 Å². The van der Waals surface area contributed by atoms with Crippen molar-refractivity contribution in [3.05, 3.63) is 0 Å². The normalized spacial score (nSPS) is 46.1. The monoisotopic (exact) mass is 408 g/mol. The van der Waals surface area contributed by atoms with Crippen molar-refractivity contribution in [3.8, 4) is 0 Å². The van der Waals surface area contributed by atoms with Crippen molar-refractivity contribution < 1.29 is 28.5 Å². The number of esters is 2. The second kappa shape index (κ2) is 6.19. The summed E-state index contributed by atoms with van der Waals surface area (Å²) < 4.78 is 24.3. The zero-order valence-corrected chi connectivity index (χ0v) is 18.9. The van der Waals surface area contributed by atoms with Crippen molar-refractivity contribution in [2.75, 3.05) is 13.2 Å². The molecule has 164 valence electrons. The highest BCUT2D eigenvalue weighted by Crippen LogP contribution is 2.75. The van der Waals surface area contributed by atoms with Gasteiger partial charge in [-0.3, -0.25) is 9.59 Å². The van der Waals surface area contributed by atoms with Crippen LogP contribution in [0.25, 0.3) is 0 Å². The highest BCUT2D eigenvalue weighted by molar-refractivity contribution is 6.00. The van der Waals surface area contributed by atoms with Crippen LogP contribution in [0, 0.1) is 28.1 Å². The molecule has 1 aliphatic heterocycles. The Hall–Kier alpha value is -1.14. The minimum Gasteiger partial charge on any atom is -0.465 e. The van der Waals surface area contributed by atoms with Gasteiger partial charge in [-0.15, -0.1) is 0 Å². The molecule has 0 N–H and O–H groups in total. The zero-order valence-electron chi connectivity index (χ0n) is 18.9. The second-order valence-corrected chi connectivity index (χ2v) is 10.6. The molecule has 3 saturated carbocycles. The molecule has 6 atom stereocenters. The first-order chi connectivity index (χ1) is 13.4. The Morgan fingerprint density at radius 2 is 1.62 bits per heavy atom. The lowest BCUT2D eigenvalue weighted by Gasteiger charge is -2.46. The lowest BCUT2D eigenvalue weighted by atomic mass is 9.65. The highest BCUT2D eigenvalue weighted by atomic mass is 16.8. The predicted molar refractivity (Wildman–Crippen MR) is 106 cm³/mol. The van der Waals surface area contributed by atoms with Gasteiger partial charge in [0.15, 0.2) is 11.2 Å². The standard InChI is InChI=1S/C23H36O6/c1-8-26-17(24)22(18(25)27-9-2)12-14(3)23(13-22)28-16-15-10-11-20(6,19(15,4)5)21(16,7)29-23/h14-16H,8-13H2,1-7H3/t14-,15+,16?,20+,21+,23?/m0/s1. The van der Waals surface area contributed by atoms with E-state index in [1.807, 2.05) is 6.92 Å². The van der Waals surface area contributed by atoms with Crippen molar-refractivity contribution in [1.82, 2.24) is 0 Å². The van der Waals surface area contributed by atoms with Crippen LogP contribution < -0.4 is 0 Å². The summed E-state index contributed by atoms with van der Waals surface area (Å²) in [7, 11) is 0. The van der Waals surface area contributed by atoms with E-state index in [0.717, 1.165) is 12.8 Å². The average molecular weight is 409 g/mol. The third-order valence-corrected chi connectivity index (χ3v) is 9.31. The number of carbonyl (C=O) groups is 2. The summed E-state index contributed by atoms with van der Waals surface area (Å²) in [6.07, 6.45) is 2.68. The lowest BCUT2D eigenvalue weighted by molar-refractivity contribution is -0.240. The van der Waals surface area contributed by atoms with Gasteiger partial charge in [0.1, 0.15) is 5.60 Å². The van der Waals surface area contributed by atoms with E-state index in [1.54, 1.807) is 13.8 Å². The second-order valence-electron chi connectivity index (χ2n) is 10.6. The molecule has 4 aliphatic rings. The molecule has 6 heteroatoms. The summed E-state index contributed by atoms with van der Waals surface area (Å²) in [5, 5.41) is 0. The molecule has 0 aromatic carbocycles. The first-order valence-electron chi connectivity index (χ1n) is 11.2. The number of hydrogen-bond donors (Lipinski definition) is 0. The fourth-order valence-corrected chi connectivity index (χ4v) is 7.19. The molecule has 2 bridgehead atoms. The van der Waals surface area contributed by atoms with Crippen LogP contribution in [0.2, 0.25) is 0 Å². The molecular weight excluding hydrogens is 372 g/mol. The van der Waals surface area contributed by atoms with Gasteiger partial charge in [0.2, 0.25) is 0 Å². The first-order valence-corrected chi connectivity index (χ1v) is 11.2. The summed E-state index contributed by atoms with van der Waals surface area (Å²) in [5.41, 5.74) is -1.70. The molecule has 0 aromatic rings. The van der Waals surface area contributed by atoms with Crippen LogP contribution in [0.15, 0.2) is 0 Å².